The first-order chi connectivity index (χ1) is 12.5. The second-order valence-electron chi connectivity index (χ2n) is 5.31. The van der Waals surface area contributed by atoms with E-state index in [2.05, 4.69) is 15.5 Å². The standard InChI is InChI=1S/C17H14N4O4S/c1-10-13(7-4-8-14(10)21(23)24)15(22)18-17-20-19-16(25-17)11-5-3-6-12(9-11)26-2/h3-9H,1-2H3,(H,18,20,22). The van der Waals surface area contributed by atoms with Crippen LogP contribution in [0.15, 0.2) is 51.8 Å². The highest BCUT2D eigenvalue weighted by molar-refractivity contribution is 7.98. The molecule has 1 aromatic heterocycles. The Labute approximate surface area is 152 Å². The van der Waals surface area contributed by atoms with E-state index in [1.54, 1.807) is 11.8 Å². The van der Waals surface area contributed by atoms with Gasteiger partial charge in [-0.15, -0.1) is 16.9 Å². The normalized spacial score (nSPS) is 10.5. The number of nitrogens with zero attached hydrogens (tertiary/aromatic N) is 3. The molecule has 2 aromatic carbocycles. The van der Waals surface area contributed by atoms with Crippen molar-refractivity contribution in [2.45, 2.75) is 11.8 Å². The summed E-state index contributed by atoms with van der Waals surface area (Å²) >= 11 is 1.58. The summed E-state index contributed by atoms with van der Waals surface area (Å²) in [5.41, 5.74) is 1.04. The van der Waals surface area contributed by atoms with Crippen molar-refractivity contribution in [2.24, 2.45) is 0 Å². The fourth-order valence-corrected chi connectivity index (χ4v) is 2.84. The zero-order valence-electron chi connectivity index (χ0n) is 13.9. The van der Waals surface area contributed by atoms with E-state index in [9.17, 15) is 14.9 Å². The van der Waals surface area contributed by atoms with Gasteiger partial charge in [0.15, 0.2) is 0 Å². The van der Waals surface area contributed by atoms with Crippen LogP contribution < -0.4 is 5.32 Å². The average molecular weight is 370 g/mol. The van der Waals surface area contributed by atoms with Crippen molar-refractivity contribution in [3.63, 3.8) is 0 Å². The van der Waals surface area contributed by atoms with Gasteiger partial charge in [-0.3, -0.25) is 20.2 Å². The molecule has 0 saturated carbocycles. The number of hydrogen-bond donors (Lipinski definition) is 1. The van der Waals surface area contributed by atoms with Crippen LogP contribution in [0.2, 0.25) is 0 Å². The zero-order chi connectivity index (χ0) is 18.7. The van der Waals surface area contributed by atoms with Crippen molar-refractivity contribution in [3.8, 4) is 11.5 Å². The molecule has 132 valence electrons. The first kappa shape index (κ1) is 17.6. The molecule has 8 nitrogen and oxygen atoms in total. The Morgan fingerprint density at radius 3 is 2.73 bits per heavy atom. The number of carbonyl (C=O) groups is 1. The lowest BCUT2D eigenvalue weighted by atomic mass is 10.1. The number of rotatable bonds is 5. The van der Waals surface area contributed by atoms with Crippen LogP contribution in [0, 0.1) is 17.0 Å². The molecule has 1 amide bonds. The third-order valence-corrected chi connectivity index (χ3v) is 4.43. The van der Waals surface area contributed by atoms with Gasteiger partial charge in [0.1, 0.15) is 0 Å². The molecule has 3 aromatic rings. The molecule has 0 fully saturated rings. The lowest BCUT2D eigenvalue weighted by Crippen LogP contribution is -2.14. The fraction of sp³-hybridized carbons (Fsp3) is 0.118. The Hall–Kier alpha value is -3.20. The number of benzene rings is 2. The summed E-state index contributed by atoms with van der Waals surface area (Å²) in [6, 6.07) is 11.8. The molecule has 9 heteroatoms. The maximum absolute atomic E-state index is 12.4. The summed E-state index contributed by atoms with van der Waals surface area (Å²) in [4.78, 5) is 23.9. The van der Waals surface area contributed by atoms with E-state index in [0.717, 1.165) is 10.5 Å². The third kappa shape index (κ3) is 3.57. The molecule has 0 saturated heterocycles. The first-order valence-corrected chi connectivity index (χ1v) is 8.75. The van der Waals surface area contributed by atoms with Gasteiger partial charge in [-0.25, -0.2) is 0 Å². The van der Waals surface area contributed by atoms with Crippen LogP contribution in [0.5, 0.6) is 0 Å². The summed E-state index contributed by atoms with van der Waals surface area (Å²) < 4.78 is 5.48. The third-order valence-electron chi connectivity index (χ3n) is 3.71. The molecule has 0 spiro atoms. The highest BCUT2D eigenvalue weighted by atomic mass is 32.2. The monoisotopic (exact) mass is 370 g/mol. The van der Waals surface area contributed by atoms with E-state index in [-0.39, 0.29) is 28.7 Å². The Morgan fingerprint density at radius 1 is 1.23 bits per heavy atom. The van der Waals surface area contributed by atoms with Crippen LogP contribution in [0.25, 0.3) is 11.5 Å². The Bertz CT molecular complexity index is 986. The van der Waals surface area contributed by atoms with Gasteiger partial charge in [0.05, 0.1) is 4.92 Å². The molecule has 0 atom stereocenters. The molecule has 3 rings (SSSR count). The topological polar surface area (TPSA) is 111 Å². The smallest absolute Gasteiger partial charge is 0.322 e. The number of nitro benzene ring substituents is 1. The molecule has 0 aliphatic carbocycles. The second-order valence-corrected chi connectivity index (χ2v) is 6.18. The molecule has 0 aliphatic rings. The van der Waals surface area contributed by atoms with Crippen molar-refractivity contribution < 1.29 is 14.1 Å². The Balaban J connectivity index is 1.82. The van der Waals surface area contributed by atoms with E-state index < -0.39 is 10.8 Å². The summed E-state index contributed by atoms with van der Waals surface area (Å²) in [6.45, 7) is 1.51. The lowest BCUT2D eigenvalue weighted by Gasteiger charge is -2.05. The molecular formula is C17H14N4O4S. The molecule has 0 radical (unpaired) electrons. The van der Waals surface area contributed by atoms with Gasteiger partial charge in [0.25, 0.3) is 11.6 Å². The number of nitro groups is 1. The zero-order valence-corrected chi connectivity index (χ0v) is 14.7. The van der Waals surface area contributed by atoms with Crippen molar-refractivity contribution >= 4 is 29.4 Å². The number of carbonyl (C=O) groups excluding carboxylic acids is 1. The number of anilines is 1. The van der Waals surface area contributed by atoms with E-state index in [0.29, 0.717) is 0 Å². The van der Waals surface area contributed by atoms with Gasteiger partial charge >= 0.3 is 6.01 Å². The van der Waals surface area contributed by atoms with E-state index in [1.807, 2.05) is 30.5 Å². The molecule has 1 N–H and O–H groups in total. The van der Waals surface area contributed by atoms with Crippen LogP contribution in [-0.4, -0.2) is 27.3 Å². The average Bonchev–Trinajstić information content (AvgIpc) is 3.10. The Morgan fingerprint density at radius 2 is 2.00 bits per heavy atom. The molecular weight excluding hydrogens is 356 g/mol. The molecule has 26 heavy (non-hydrogen) atoms. The van der Waals surface area contributed by atoms with Crippen LogP contribution in [0.1, 0.15) is 15.9 Å². The largest absolute Gasteiger partial charge is 0.403 e. The number of thioether (sulfide) groups is 1. The minimum atomic E-state index is -0.556. The van der Waals surface area contributed by atoms with Crippen LogP contribution in [0.4, 0.5) is 11.7 Å². The summed E-state index contributed by atoms with van der Waals surface area (Å²) in [5.74, 6) is -0.286. The maximum Gasteiger partial charge on any atom is 0.322 e. The van der Waals surface area contributed by atoms with E-state index in [1.165, 1.54) is 25.1 Å². The molecule has 0 bridgehead atoms. The van der Waals surface area contributed by atoms with Gasteiger partial charge in [0.2, 0.25) is 5.89 Å². The van der Waals surface area contributed by atoms with Gasteiger partial charge in [0, 0.05) is 27.7 Å². The van der Waals surface area contributed by atoms with Gasteiger partial charge in [-0.05, 0) is 37.4 Å². The summed E-state index contributed by atoms with van der Waals surface area (Å²) in [5, 5.41) is 21.2. The summed E-state index contributed by atoms with van der Waals surface area (Å²) in [6.07, 6.45) is 1.96. The quantitative estimate of drug-likeness (QED) is 0.411. The highest BCUT2D eigenvalue weighted by Crippen LogP contribution is 2.25. The number of amides is 1. The van der Waals surface area contributed by atoms with Crippen molar-refractivity contribution in [3.05, 3.63) is 63.7 Å². The SMILES string of the molecule is CSc1cccc(-c2nnc(NC(=O)c3cccc([N+](=O)[O-])c3C)o2)c1. The van der Waals surface area contributed by atoms with Gasteiger partial charge < -0.3 is 4.42 Å². The lowest BCUT2D eigenvalue weighted by molar-refractivity contribution is -0.385. The van der Waals surface area contributed by atoms with Crippen LogP contribution in [0.3, 0.4) is 0 Å². The number of aromatic nitrogens is 2. The Kier molecular flexibility index (Phi) is 4.99. The van der Waals surface area contributed by atoms with E-state index in [4.69, 9.17) is 4.42 Å². The fourth-order valence-electron chi connectivity index (χ4n) is 2.38. The first-order valence-electron chi connectivity index (χ1n) is 7.53. The second kappa shape index (κ2) is 7.36. The molecule has 1 heterocycles. The predicted octanol–water partition coefficient (Wildman–Crippen LogP) is 3.93. The van der Waals surface area contributed by atoms with Gasteiger partial charge in [-0.2, -0.15) is 0 Å². The van der Waals surface area contributed by atoms with Gasteiger partial charge in [-0.1, -0.05) is 17.2 Å². The molecule has 0 unspecified atom stereocenters. The van der Waals surface area contributed by atoms with E-state index >= 15 is 0 Å². The van der Waals surface area contributed by atoms with Crippen LogP contribution >= 0.6 is 11.8 Å². The minimum absolute atomic E-state index is 0.0783. The summed E-state index contributed by atoms with van der Waals surface area (Å²) in [7, 11) is 0. The van der Waals surface area contributed by atoms with Crippen molar-refractivity contribution in [2.75, 3.05) is 11.6 Å². The molecule has 0 aliphatic heterocycles. The number of nitrogens with one attached hydrogen (secondary N) is 1. The van der Waals surface area contributed by atoms with Crippen molar-refractivity contribution in [1.82, 2.24) is 10.2 Å². The van der Waals surface area contributed by atoms with Crippen molar-refractivity contribution in [1.29, 1.82) is 0 Å². The predicted molar refractivity (Wildman–Crippen MR) is 97.3 cm³/mol. The number of hydrogen-bond acceptors (Lipinski definition) is 7. The maximum atomic E-state index is 12.4. The highest BCUT2D eigenvalue weighted by Gasteiger charge is 2.19. The minimum Gasteiger partial charge on any atom is -0.403 e. The van der Waals surface area contributed by atoms with Crippen LogP contribution in [-0.2, 0) is 0 Å².